The molecule has 0 unspecified atom stereocenters. The third-order valence-electron chi connectivity index (χ3n) is 5.68. The number of benzene rings is 2. The van der Waals surface area contributed by atoms with Crippen molar-refractivity contribution in [3.8, 4) is 0 Å². The van der Waals surface area contributed by atoms with Crippen molar-refractivity contribution >= 4 is 21.6 Å². The quantitative estimate of drug-likeness (QED) is 0.728. The minimum absolute atomic E-state index is 0.140. The Labute approximate surface area is 174 Å². The van der Waals surface area contributed by atoms with Crippen LogP contribution in [0, 0.1) is 13.8 Å². The van der Waals surface area contributed by atoms with Gasteiger partial charge in [-0.2, -0.15) is 0 Å². The Hall–Kier alpha value is -2.34. The lowest BCUT2D eigenvalue weighted by Gasteiger charge is -2.23. The Morgan fingerprint density at radius 3 is 2.21 bits per heavy atom. The number of amides is 1. The molecule has 29 heavy (non-hydrogen) atoms. The number of anilines is 1. The van der Waals surface area contributed by atoms with Crippen molar-refractivity contribution in [3.05, 3.63) is 59.2 Å². The average Bonchev–Trinajstić information content (AvgIpc) is 2.96. The zero-order valence-corrected chi connectivity index (χ0v) is 18.3. The topological polar surface area (TPSA) is 66.5 Å². The van der Waals surface area contributed by atoms with E-state index in [0.29, 0.717) is 11.3 Å². The number of nitrogens with zero attached hydrogens (tertiary/aromatic N) is 1. The van der Waals surface area contributed by atoms with Crippen molar-refractivity contribution in [2.24, 2.45) is 0 Å². The molecule has 2 aromatic rings. The van der Waals surface area contributed by atoms with Crippen molar-refractivity contribution in [2.75, 3.05) is 11.4 Å². The molecule has 0 aromatic heterocycles. The van der Waals surface area contributed by atoms with Crippen LogP contribution in [-0.2, 0) is 10.0 Å². The summed E-state index contributed by atoms with van der Waals surface area (Å²) in [6, 6.07) is 12.2. The number of nitrogens with one attached hydrogen (secondary N) is 1. The van der Waals surface area contributed by atoms with Gasteiger partial charge in [0.05, 0.1) is 10.6 Å². The molecule has 1 N–H and O–H groups in total. The number of hydrogen-bond donors (Lipinski definition) is 1. The van der Waals surface area contributed by atoms with E-state index in [0.717, 1.165) is 36.8 Å². The minimum Gasteiger partial charge on any atom is -0.349 e. The summed E-state index contributed by atoms with van der Waals surface area (Å²) in [7, 11) is -2.17. The highest BCUT2D eigenvalue weighted by molar-refractivity contribution is 7.92. The molecule has 0 bridgehead atoms. The number of sulfonamides is 1. The summed E-state index contributed by atoms with van der Waals surface area (Å²) >= 11 is 0. The smallest absolute Gasteiger partial charge is 0.264 e. The van der Waals surface area contributed by atoms with Gasteiger partial charge >= 0.3 is 0 Å². The lowest BCUT2D eigenvalue weighted by atomic mass is 10.1. The van der Waals surface area contributed by atoms with E-state index in [1.54, 1.807) is 42.5 Å². The molecule has 0 radical (unpaired) electrons. The Kier molecular flexibility index (Phi) is 6.63. The maximum Gasteiger partial charge on any atom is 0.264 e. The van der Waals surface area contributed by atoms with E-state index in [1.165, 1.54) is 24.2 Å². The normalized spacial score (nSPS) is 15.6. The summed E-state index contributed by atoms with van der Waals surface area (Å²) in [5.41, 5.74) is 2.80. The van der Waals surface area contributed by atoms with Crippen LogP contribution in [0.2, 0.25) is 0 Å². The van der Waals surface area contributed by atoms with E-state index >= 15 is 0 Å². The van der Waals surface area contributed by atoms with Crippen LogP contribution in [0.25, 0.3) is 0 Å². The maximum atomic E-state index is 13.1. The van der Waals surface area contributed by atoms with E-state index in [2.05, 4.69) is 5.32 Å². The van der Waals surface area contributed by atoms with E-state index in [9.17, 15) is 13.2 Å². The summed E-state index contributed by atoms with van der Waals surface area (Å²) < 4.78 is 27.4. The third kappa shape index (κ3) is 4.99. The number of hydrogen-bond acceptors (Lipinski definition) is 3. The van der Waals surface area contributed by atoms with Gasteiger partial charge in [-0.3, -0.25) is 9.10 Å². The van der Waals surface area contributed by atoms with E-state index in [1.807, 2.05) is 13.8 Å². The lowest BCUT2D eigenvalue weighted by Crippen LogP contribution is -2.34. The molecule has 1 amide bonds. The first-order chi connectivity index (χ1) is 13.8. The van der Waals surface area contributed by atoms with Gasteiger partial charge in [0.25, 0.3) is 15.9 Å². The fraction of sp³-hybridized carbons (Fsp3) is 0.435. The molecule has 0 heterocycles. The predicted molar refractivity (Wildman–Crippen MR) is 117 cm³/mol. The average molecular weight is 415 g/mol. The predicted octanol–water partition coefficient (Wildman–Crippen LogP) is 4.58. The Bertz CT molecular complexity index is 960. The highest BCUT2D eigenvalue weighted by Crippen LogP contribution is 2.27. The molecule has 0 atom stereocenters. The molecular weight excluding hydrogens is 384 g/mol. The molecule has 1 fully saturated rings. The molecule has 6 heteroatoms. The Balaban J connectivity index is 1.84. The maximum absolute atomic E-state index is 13.1. The summed E-state index contributed by atoms with van der Waals surface area (Å²) in [5.74, 6) is -0.140. The molecular formula is C23H30N2O3S. The Morgan fingerprint density at radius 2 is 1.59 bits per heavy atom. The van der Waals surface area contributed by atoms with E-state index in [4.69, 9.17) is 0 Å². The SMILES string of the molecule is Cc1ccc(S(=O)(=O)N(C)c2cc(C(=O)NC3CCCCCC3)ccc2C)cc1. The minimum atomic E-state index is -3.70. The summed E-state index contributed by atoms with van der Waals surface area (Å²) in [6.45, 7) is 3.77. The van der Waals surface area contributed by atoms with Gasteiger partial charge in [0.2, 0.25) is 0 Å². The largest absolute Gasteiger partial charge is 0.349 e. The first-order valence-electron chi connectivity index (χ1n) is 10.3. The molecule has 3 rings (SSSR count). The highest BCUT2D eigenvalue weighted by Gasteiger charge is 2.24. The fourth-order valence-corrected chi connectivity index (χ4v) is 5.03. The van der Waals surface area contributed by atoms with Gasteiger partial charge in [-0.15, -0.1) is 0 Å². The van der Waals surface area contributed by atoms with Gasteiger partial charge in [-0.05, 0) is 56.5 Å². The molecule has 0 saturated heterocycles. The van der Waals surface area contributed by atoms with Crippen molar-refractivity contribution in [2.45, 2.75) is 63.3 Å². The van der Waals surface area contributed by atoms with Gasteiger partial charge < -0.3 is 5.32 Å². The van der Waals surface area contributed by atoms with Gasteiger partial charge in [-0.25, -0.2) is 8.42 Å². The number of carbonyl (C=O) groups excluding carboxylic acids is 1. The number of rotatable bonds is 5. The molecule has 1 aliphatic carbocycles. The fourth-order valence-electron chi connectivity index (χ4n) is 3.78. The molecule has 1 saturated carbocycles. The number of aryl methyl sites for hydroxylation is 2. The molecule has 2 aromatic carbocycles. The van der Waals surface area contributed by atoms with Gasteiger partial charge in [0, 0.05) is 18.7 Å². The van der Waals surface area contributed by atoms with Gasteiger partial charge in [0.1, 0.15) is 0 Å². The van der Waals surface area contributed by atoms with Crippen LogP contribution in [0.3, 0.4) is 0 Å². The summed E-state index contributed by atoms with van der Waals surface area (Å²) in [6.07, 6.45) is 6.74. The van der Waals surface area contributed by atoms with Crippen LogP contribution in [-0.4, -0.2) is 27.4 Å². The van der Waals surface area contributed by atoms with Crippen LogP contribution in [0.15, 0.2) is 47.4 Å². The molecule has 0 aliphatic heterocycles. The van der Waals surface area contributed by atoms with Crippen LogP contribution in [0.5, 0.6) is 0 Å². The molecule has 5 nitrogen and oxygen atoms in total. The van der Waals surface area contributed by atoms with Crippen LogP contribution >= 0.6 is 0 Å². The van der Waals surface area contributed by atoms with Crippen molar-refractivity contribution in [1.82, 2.24) is 5.32 Å². The summed E-state index contributed by atoms with van der Waals surface area (Å²) in [5, 5.41) is 3.13. The van der Waals surface area contributed by atoms with Crippen LogP contribution in [0.4, 0.5) is 5.69 Å². The molecule has 1 aliphatic rings. The number of carbonyl (C=O) groups is 1. The second-order valence-electron chi connectivity index (χ2n) is 7.95. The van der Waals surface area contributed by atoms with Crippen molar-refractivity contribution in [3.63, 3.8) is 0 Å². The zero-order valence-electron chi connectivity index (χ0n) is 17.4. The van der Waals surface area contributed by atoms with Crippen molar-refractivity contribution < 1.29 is 13.2 Å². The first kappa shape index (κ1) is 21.4. The van der Waals surface area contributed by atoms with Gasteiger partial charge in [-0.1, -0.05) is 49.4 Å². The van der Waals surface area contributed by atoms with Crippen LogP contribution < -0.4 is 9.62 Å². The third-order valence-corrected chi connectivity index (χ3v) is 7.47. The standard InChI is InChI=1S/C23H30N2O3S/c1-17-10-14-21(15-11-17)29(27,28)25(3)22-16-19(13-12-18(22)2)23(26)24-20-8-6-4-5-7-9-20/h10-16,20H,4-9H2,1-3H3,(H,24,26). The first-order valence-corrected chi connectivity index (χ1v) is 11.7. The second kappa shape index (κ2) is 8.99. The monoisotopic (exact) mass is 414 g/mol. The van der Waals surface area contributed by atoms with E-state index < -0.39 is 10.0 Å². The Morgan fingerprint density at radius 1 is 0.966 bits per heavy atom. The van der Waals surface area contributed by atoms with Crippen molar-refractivity contribution in [1.29, 1.82) is 0 Å². The van der Waals surface area contributed by atoms with Gasteiger partial charge in [0.15, 0.2) is 0 Å². The molecule has 0 spiro atoms. The molecule has 156 valence electrons. The zero-order chi connectivity index (χ0) is 21.0. The van der Waals surface area contributed by atoms with E-state index in [-0.39, 0.29) is 16.8 Å². The lowest BCUT2D eigenvalue weighted by molar-refractivity contribution is 0.0933. The second-order valence-corrected chi connectivity index (χ2v) is 9.92. The highest BCUT2D eigenvalue weighted by atomic mass is 32.2. The summed E-state index contributed by atoms with van der Waals surface area (Å²) in [4.78, 5) is 13.0. The van der Waals surface area contributed by atoms with Crippen LogP contribution in [0.1, 0.15) is 60.0 Å².